The van der Waals surface area contributed by atoms with Crippen LogP contribution >= 0.6 is 11.6 Å². The van der Waals surface area contributed by atoms with Gasteiger partial charge >= 0.3 is 0 Å². The fourth-order valence-electron chi connectivity index (χ4n) is 3.75. The molecule has 1 atom stereocenters. The van der Waals surface area contributed by atoms with Crippen LogP contribution in [0.2, 0.25) is 5.02 Å². The summed E-state index contributed by atoms with van der Waals surface area (Å²) in [6.07, 6.45) is 2.80. The molecule has 1 saturated carbocycles. The Hall–Kier alpha value is -2.11. The highest BCUT2D eigenvalue weighted by atomic mass is 35.5. The van der Waals surface area contributed by atoms with Gasteiger partial charge in [0.2, 0.25) is 0 Å². The van der Waals surface area contributed by atoms with Crippen LogP contribution in [0, 0.1) is 5.92 Å². The Bertz CT molecular complexity index is 966. The lowest BCUT2D eigenvalue weighted by atomic mass is 10.1. The molecule has 2 aromatic heterocycles. The molecule has 1 N–H and O–H groups in total. The number of para-hydroxylation sites is 1. The average molecular weight is 369 g/mol. The molecule has 6 heteroatoms. The number of hydrogen-bond donors (Lipinski definition) is 1. The maximum Gasteiger partial charge on any atom is 0.129 e. The van der Waals surface area contributed by atoms with Crippen molar-refractivity contribution in [2.24, 2.45) is 5.92 Å². The Balaban J connectivity index is 1.46. The number of aliphatic hydroxyl groups is 1. The summed E-state index contributed by atoms with van der Waals surface area (Å²) in [6, 6.07) is 12.1. The minimum absolute atomic E-state index is 0.398. The predicted octanol–water partition coefficient (Wildman–Crippen LogP) is 3.94. The molecule has 26 heavy (non-hydrogen) atoms. The molecule has 1 fully saturated rings. The second kappa shape index (κ2) is 6.25. The van der Waals surface area contributed by atoms with Gasteiger partial charge in [-0.15, -0.1) is 0 Å². The van der Waals surface area contributed by atoms with Gasteiger partial charge in [0.15, 0.2) is 0 Å². The molecule has 3 aromatic rings. The summed E-state index contributed by atoms with van der Waals surface area (Å²) in [4.78, 5) is 7.08. The van der Waals surface area contributed by atoms with E-state index in [2.05, 4.69) is 32.9 Å². The molecule has 1 aliphatic carbocycles. The van der Waals surface area contributed by atoms with Crippen molar-refractivity contribution in [2.45, 2.75) is 38.5 Å². The van der Waals surface area contributed by atoms with E-state index in [1.54, 1.807) is 0 Å². The SMILES string of the molecule is O[C@H](c1cc2n(n1)CCCN(c1ccc3cccc(Cl)c3n1)C2)C1CC1. The topological polar surface area (TPSA) is 54.2 Å². The minimum atomic E-state index is -0.416. The van der Waals surface area contributed by atoms with Gasteiger partial charge < -0.3 is 10.0 Å². The Morgan fingerprint density at radius 3 is 2.88 bits per heavy atom. The van der Waals surface area contributed by atoms with Crippen LogP contribution in [0.3, 0.4) is 0 Å². The van der Waals surface area contributed by atoms with Crippen LogP contribution in [0.25, 0.3) is 10.9 Å². The molecular formula is C20H21ClN4O. The zero-order chi connectivity index (χ0) is 17.7. The van der Waals surface area contributed by atoms with Crippen molar-refractivity contribution in [3.63, 3.8) is 0 Å². The third-order valence-corrected chi connectivity index (χ3v) is 5.69. The number of anilines is 1. The molecule has 134 valence electrons. The van der Waals surface area contributed by atoms with Gasteiger partial charge in [0.1, 0.15) is 11.9 Å². The van der Waals surface area contributed by atoms with Crippen molar-refractivity contribution < 1.29 is 5.11 Å². The third kappa shape index (κ3) is 2.85. The minimum Gasteiger partial charge on any atom is -0.386 e. The maximum absolute atomic E-state index is 10.4. The zero-order valence-electron chi connectivity index (χ0n) is 14.5. The molecular weight excluding hydrogens is 348 g/mol. The fourth-order valence-corrected chi connectivity index (χ4v) is 3.98. The van der Waals surface area contributed by atoms with Crippen molar-refractivity contribution in [2.75, 3.05) is 11.4 Å². The molecule has 0 saturated heterocycles. The van der Waals surface area contributed by atoms with Crippen LogP contribution in [0.5, 0.6) is 0 Å². The molecule has 1 aliphatic heterocycles. The van der Waals surface area contributed by atoms with Crippen LogP contribution in [0.4, 0.5) is 5.82 Å². The van der Waals surface area contributed by atoms with Gasteiger partial charge in [-0.05, 0) is 49.4 Å². The second-order valence-electron chi connectivity index (χ2n) is 7.32. The van der Waals surface area contributed by atoms with Crippen molar-refractivity contribution >= 4 is 28.3 Å². The smallest absolute Gasteiger partial charge is 0.129 e. The van der Waals surface area contributed by atoms with E-state index >= 15 is 0 Å². The van der Waals surface area contributed by atoms with Gasteiger partial charge in [-0.25, -0.2) is 4.98 Å². The van der Waals surface area contributed by atoms with Crippen LogP contribution < -0.4 is 4.90 Å². The summed E-state index contributed by atoms with van der Waals surface area (Å²) in [5.41, 5.74) is 2.80. The number of halogens is 1. The highest BCUT2D eigenvalue weighted by Gasteiger charge is 2.33. The van der Waals surface area contributed by atoms with Crippen molar-refractivity contribution in [1.29, 1.82) is 0 Å². The van der Waals surface area contributed by atoms with E-state index in [-0.39, 0.29) is 0 Å². The van der Waals surface area contributed by atoms with Gasteiger partial charge in [-0.3, -0.25) is 4.68 Å². The van der Waals surface area contributed by atoms with E-state index in [0.29, 0.717) is 10.9 Å². The van der Waals surface area contributed by atoms with Crippen LogP contribution in [-0.2, 0) is 13.1 Å². The number of benzene rings is 1. The summed E-state index contributed by atoms with van der Waals surface area (Å²) in [5, 5.41) is 16.8. The van der Waals surface area contributed by atoms with Crippen molar-refractivity contribution in [1.82, 2.24) is 14.8 Å². The maximum atomic E-state index is 10.4. The summed E-state index contributed by atoms with van der Waals surface area (Å²) >= 11 is 6.33. The van der Waals surface area contributed by atoms with Crippen LogP contribution in [0.15, 0.2) is 36.4 Å². The van der Waals surface area contributed by atoms with Gasteiger partial charge in [0.25, 0.3) is 0 Å². The van der Waals surface area contributed by atoms with Crippen LogP contribution in [-0.4, -0.2) is 26.4 Å². The Morgan fingerprint density at radius 2 is 2.04 bits per heavy atom. The first-order valence-electron chi connectivity index (χ1n) is 9.24. The highest BCUT2D eigenvalue weighted by molar-refractivity contribution is 6.35. The predicted molar refractivity (Wildman–Crippen MR) is 102 cm³/mol. The monoisotopic (exact) mass is 368 g/mol. The normalized spacial score (nSPS) is 18.6. The molecule has 5 rings (SSSR count). The number of nitrogens with zero attached hydrogens (tertiary/aromatic N) is 4. The highest BCUT2D eigenvalue weighted by Crippen LogP contribution is 2.40. The van der Waals surface area contributed by atoms with E-state index in [1.807, 2.05) is 18.2 Å². The standard InChI is InChI=1S/C20H21ClN4O/c21-16-4-1-3-13-7-8-18(22-19(13)16)24-9-2-10-25-15(12-24)11-17(23-25)20(26)14-5-6-14/h1,3-4,7-8,11,14,20,26H,2,5-6,9-10,12H2/t20-/m0/s1. The number of aromatic nitrogens is 3. The lowest BCUT2D eigenvalue weighted by Gasteiger charge is -2.21. The summed E-state index contributed by atoms with van der Waals surface area (Å²) < 4.78 is 2.05. The van der Waals surface area contributed by atoms with Gasteiger partial charge in [-0.2, -0.15) is 5.10 Å². The van der Waals surface area contributed by atoms with Gasteiger partial charge in [0, 0.05) is 18.5 Å². The van der Waals surface area contributed by atoms with Gasteiger partial charge in [-0.1, -0.05) is 23.7 Å². The largest absolute Gasteiger partial charge is 0.386 e. The molecule has 0 bridgehead atoms. The number of aliphatic hydroxyl groups excluding tert-OH is 1. The van der Waals surface area contributed by atoms with E-state index < -0.39 is 6.10 Å². The molecule has 0 amide bonds. The van der Waals surface area contributed by atoms with Gasteiger partial charge in [0.05, 0.1) is 28.5 Å². The Morgan fingerprint density at radius 1 is 1.15 bits per heavy atom. The molecule has 5 nitrogen and oxygen atoms in total. The van der Waals surface area contributed by atoms with E-state index in [4.69, 9.17) is 16.6 Å². The molecule has 0 radical (unpaired) electrons. The molecule has 2 aliphatic rings. The Labute approximate surface area is 157 Å². The Kier molecular flexibility index (Phi) is 3.87. The number of rotatable bonds is 3. The molecule has 1 aromatic carbocycles. The quantitative estimate of drug-likeness (QED) is 0.760. The second-order valence-corrected chi connectivity index (χ2v) is 7.73. The van der Waals surface area contributed by atoms with E-state index in [1.165, 1.54) is 0 Å². The number of aryl methyl sites for hydroxylation is 1. The third-order valence-electron chi connectivity index (χ3n) is 5.38. The van der Waals surface area contributed by atoms with Crippen molar-refractivity contribution in [3.05, 3.63) is 52.8 Å². The van der Waals surface area contributed by atoms with E-state index in [9.17, 15) is 5.11 Å². The first kappa shape index (κ1) is 16.1. The molecule has 0 spiro atoms. The average Bonchev–Trinajstić information content (AvgIpc) is 3.45. The number of hydrogen-bond acceptors (Lipinski definition) is 4. The summed E-state index contributed by atoms with van der Waals surface area (Å²) in [5.74, 6) is 1.33. The van der Waals surface area contributed by atoms with Crippen LogP contribution in [0.1, 0.15) is 36.8 Å². The first-order valence-corrected chi connectivity index (χ1v) is 9.62. The fraction of sp³-hybridized carbons (Fsp3) is 0.400. The summed E-state index contributed by atoms with van der Waals surface area (Å²) in [7, 11) is 0. The molecule has 3 heterocycles. The lowest BCUT2D eigenvalue weighted by molar-refractivity contribution is 0.148. The number of fused-ring (bicyclic) bond motifs is 2. The van der Waals surface area contributed by atoms with Crippen molar-refractivity contribution in [3.8, 4) is 0 Å². The molecule has 0 unspecified atom stereocenters. The lowest BCUT2D eigenvalue weighted by Crippen LogP contribution is -2.23. The zero-order valence-corrected chi connectivity index (χ0v) is 15.2. The first-order chi connectivity index (χ1) is 12.7. The summed E-state index contributed by atoms with van der Waals surface area (Å²) in [6.45, 7) is 2.54. The van der Waals surface area contributed by atoms with E-state index in [0.717, 1.165) is 67.0 Å². The number of pyridine rings is 1.